The summed E-state index contributed by atoms with van der Waals surface area (Å²) < 4.78 is 0. The van der Waals surface area contributed by atoms with Crippen molar-refractivity contribution in [2.75, 3.05) is 10.2 Å². The lowest BCUT2D eigenvalue weighted by molar-refractivity contribution is -0.120. The molecule has 1 aliphatic rings. The van der Waals surface area contributed by atoms with Crippen LogP contribution in [0.15, 0.2) is 59.3 Å². The second-order valence-corrected chi connectivity index (χ2v) is 5.92. The molecule has 1 aliphatic heterocycles. The highest BCUT2D eigenvalue weighted by molar-refractivity contribution is 6.53. The number of carbonyl (C=O) groups is 2. The van der Waals surface area contributed by atoms with Crippen molar-refractivity contribution in [2.24, 2.45) is 0 Å². The summed E-state index contributed by atoms with van der Waals surface area (Å²) >= 11 is 11.9. The lowest BCUT2D eigenvalue weighted by Crippen LogP contribution is -2.32. The molecule has 2 amide bonds. The van der Waals surface area contributed by atoms with E-state index in [4.69, 9.17) is 23.2 Å². The molecule has 0 aliphatic carbocycles. The first-order valence-electron chi connectivity index (χ1n) is 6.85. The van der Waals surface area contributed by atoms with Crippen molar-refractivity contribution in [2.45, 2.75) is 6.92 Å². The SMILES string of the molecule is Cc1cccc(N2C(=O)C(Cl)=C(Nc3ccc(Cl)cc3)C2=O)c1. The van der Waals surface area contributed by atoms with Crippen molar-refractivity contribution in [3.05, 3.63) is 69.8 Å². The van der Waals surface area contributed by atoms with Gasteiger partial charge in [0.25, 0.3) is 11.8 Å². The van der Waals surface area contributed by atoms with Gasteiger partial charge in [0.15, 0.2) is 0 Å². The van der Waals surface area contributed by atoms with Gasteiger partial charge >= 0.3 is 0 Å². The van der Waals surface area contributed by atoms with Gasteiger partial charge in [-0.3, -0.25) is 9.59 Å². The van der Waals surface area contributed by atoms with E-state index in [0.717, 1.165) is 10.5 Å². The van der Waals surface area contributed by atoms with Crippen molar-refractivity contribution >= 4 is 46.4 Å². The van der Waals surface area contributed by atoms with Crippen LogP contribution in [0.1, 0.15) is 5.56 Å². The van der Waals surface area contributed by atoms with Crippen LogP contribution in [-0.4, -0.2) is 11.8 Å². The van der Waals surface area contributed by atoms with Gasteiger partial charge in [0, 0.05) is 10.7 Å². The first-order chi connectivity index (χ1) is 11.0. The highest BCUT2D eigenvalue weighted by atomic mass is 35.5. The Balaban J connectivity index is 1.91. The molecule has 0 unspecified atom stereocenters. The van der Waals surface area contributed by atoms with Crippen molar-refractivity contribution in [1.82, 2.24) is 0 Å². The molecule has 23 heavy (non-hydrogen) atoms. The number of hydrogen-bond donors (Lipinski definition) is 1. The summed E-state index contributed by atoms with van der Waals surface area (Å²) in [6.45, 7) is 1.89. The van der Waals surface area contributed by atoms with Crippen LogP contribution in [0.3, 0.4) is 0 Å². The fraction of sp³-hybridized carbons (Fsp3) is 0.0588. The minimum Gasteiger partial charge on any atom is -0.350 e. The van der Waals surface area contributed by atoms with Crippen LogP contribution in [0.25, 0.3) is 0 Å². The van der Waals surface area contributed by atoms with E-state index in [1.54, 1.807) is 42.5 Å². The molecule has 3 rings (SSSR count). The Morgan fingerprint density at radius 1 is 0.957 bits per heavy atom. The third kappa shape index (κ3) is 2.96. The summed E-state index contributed by atoms with van der Waals surface area (Å²) in [5.74, 6) is -1.03. The molecule has 1 N–H and O–H groups in total. The first kappa shape index (κ1) is 15.6. The molecule has 2 aromatic rings. The molecule has 0 spiro atoms. The van der Waals surface area contributed by atoms with Crippen LogP contribution in [-0.2, 0) is 9.59 Å². The van der Waals surface area contributed by atoms with E-state index in [-0.39, 0.29) is 10.7 Å². The average Bonchev–Trinajstić information content (AvgIpc) is 2.73. The number of benzene rings is 2. The molecule has 0 saturated heterocycles. The normalized spacial score (nSPS) is 14.7. The van der Waals surface area contributed by atoms with E-state index in [9.17, 15) is 9.59 Å². The Morgan fingerprint density at radius 3 is 2.30 bits per heavy atom. The highest BCUT2D eigenvalue weighted by Gasteiger charge is 2.38. The predicted octanol–water partition coefficient (Wildman–Crippen LogP) is 4.08. The van der Waals surface area contributed by atoms with Gasteiger partial charge in [-0.25, -0.2) is 4.90 Å². The first-order valence-corrected chi connectivity index (χ1v) is 7.61. The molecule has 4 nitrogen and oxygen atoms in total. The number of aryl methyl sites for hydroxylation is 1. The van der Waals surface area contributed by atoms with Crippen LogP contribution >= 0.6 is 23.2 Å². The summed E-state index contributed by atoms with van der Waals surface area (Å²) in [6.07, 6.45) is 0. The molecule has 0 bridgehead atoms. The lowest BCUT2D eigenvalue weighted by Gasteiger charge is -2.15. The van der Waals surface area contributed by atoms with Crippen molar-refractivity contribution in [3.63, 3.8) is 0 Å². The number of imide groups is 1. The number of rotatable bonds is 3. The molecule has 1 heterocycles. The van der Waals surface area contributed by atoms with Crippen LogP contribution in [0.5, 0.6) is 0 Å². The van der Waals surface area contributed by atoms with Gasteiger partial charge in [-0.05, 0) is 48.9 Å². The van der Waals surface area contributed by atoms with E-state index in [1.807, 2.05) is 13.0 Å². The zero-order chi connectivity index (χ0) is 16.6. The zero-order valence-corrected chi connectivity index (χ0v) is 13.7. The van der Waals surface area contributed by atoms with Crippen LogP contribution < -0.4 is 10.2 Å². The molecule has 6 heteroatoms. The molecule has 0 saturated carbocycles. The Morgan fingerprint density at radius 2 is 1.65 bits per heavy atom. The Bertz CT molecular complexity index is 829. The summed E-state index contributed by atoms with van der Waals surface area (Å²) in [4.78, 5) is 26.0. The maximum atomic E-state index is 12.6. The second kappa shape index (κ2) is 6.07. The molecular weight excluding hydrogens is 335 g/mol. The summed E-state index contributed by atoms with van der Waals surface area (Å²) in [6, 6.07) is 13.9. The smallest absolute Gasteiger partial charge is 0.283 e. The highest BCUT2D eigenvalue weighted by Crippen LogP contribution is 2.30. The second-order valence-electron chi connectivity index (χ2n) is 5.11. The zero-order valence-electron chi connectivity index (χ0n) is 12.1. The molecule has 0 radical (unpaired) electrons. The number of nitrogens with zero attached hydrogens (tertiary/aromatic N) is 1. The molecular formula is C17H12Cl2N2O2. The summed E-state index contributed by atoms with van der Waals surface area (Å²) in [5.41, 5.74) is 2.11. The van der Waals surface area contributed by atoms with Gasteiger partial charge in [-0.2, -0.15) is 0 Å². The lowest BCUT2D eigenvalue weighted by atomic mass is 10.2. The van der Waals surface area contributed by atoms with E-state index in [0.29, 0.717) is 16.4 Å². The summed E-state index contributed by atoms with van der Waals surface area (Å²) in [5, 5.41) is 3.33. The third-order valence-corrected chi connectivity index (χ3v) is 4.00. The molecule has 2 aromatic carbocycles. The van der Waals surface area contributed by atoms with Gasteiger partial charge in [0.05, 0.1) is 5.69 Å². The fourth-order valence-electron chi connectivity index (χ4n) is 2.29. The maximum Gasteiger partial charge on any atom is 0.283 e. The minimum atomic E-state index is -0.543. The monoisotopic (exact) mass is 346 g/mol. The van der Waals surface area contributed by atoms with Gasteiger partial charge < -0.3 is 5.32 Å². The Labute approximate surface area is 143 Å². The number of anilines is 2. The van der Waals surface area contributed by atoms with E-state index >= 15 is 0 Å². The van der Waals surface area contributed by atoms with Crippen LogP contribution in [0.2, 0.25) is 5.02 Å². The largest absolute Gasteiger partial charge is 0.350 e. The number of hydrogen-bond acceptors (Lipinski definition) is 3. The number of halogens is 2. The topological polar surface area (TPSA) is 49.4 Å². The maximum absolute atomic E-state index is 12.6. The van der Waals surface area contributed by atoms with E-state index < -0.39 is 11.8 Å². The number of carbonyl (C=O) groups excluding carboxylic acids is 2. The fourth-order valence-corrected chi connectivity index (χ4v) is 2.63. The van der Waals surface area contributed by atoms with Crippen molar-refractivity contribution in [1.29, 1.82) is 0 Å². The summed E-state index contributed by atoms with van der Waals surface area (Å²) in [7, 11) is 0. The minimum absolute atomic E-state index is 0.0560. The quantitative estimate of drug-likeness (QED) is 0.851. The van der Waals surface area contributed by atoms with Gasteiger partial charge in [0.2, 0.25) is 0 Å². The number of nitrogens with one attached hydrogen (secondary N) is 1. The van der Waals surface area contributed by atoms with Crippen LogP contribution in [0.4, 0.5) is 11.4 Å². The Kier molecular flexibility index (Phi) is 4.11. The van der Waals surface area contributed by atoms with E-state index in [2.05, 4.69) is 5.32 Å². The standard InChI is InChI=1S/C17H12Cl2N2O2/c1-10-3-2-4-13(9-10)21-16(22)14(19)15(17(21)23)20-12-7-5-11(18)6-8-12/h2-9,20H,1H3. The number of amides is 2. The average molecular weight is 347 g/mol. The van der Waals surface area contributed by atoms with Crippen molar-refractivity contribution in [3.8, 4) is 0 Å². The predicted molar refractivity (Wildman–Crippen MR) is 91.6 cm³/mol. The van der Waals surface area contributed by atoms with E-state index in [1.165, 1.54) is 0 Å². The molecule has 116 valence electrons. The Hall–Kier alpha value is -2.30. The molecule has 0 aromatic heterocycles. The van der Waals surface area contributed by atoms with Crippen LogP contribution in [0, 0.1) is 6.92 Å². The van der Waals surface area contributed by atoms with Gasteiger partial charge in [-0.1, -0.05) is 35.3 Å². The van der Waals surface area contributed by atoms with Gasteiger partial charge in [0.1, 0.15) is 10.7 Å². The van der Waals surface area contributed by atoms with Crippen molar-refractivity contribution < 1.29 is 9.59 Å². The molecule has 0 atom stereocenters. The molecule has 0 fully saturated rings. The third-order valence-electron chi connectivity index (χ3n) is 3.40. The van der Waals surface area contributed by atoms with Gasteiger partial charge in [-0.15, -0.1) is 0 Å².